The van der Waals surface area contributed by atoms with Crippen LogP contribution in [-0.4, -0.2) is 11.3 Å². The molecule has 0 unspecified atom stereocenters. The Morgan fingerprint density at radius 1 is 0.551 bits per heavy atom. The number of aromatic nitrogens is 1. The Balaban J connectivity index is 1.17. The maximum absolute atomic E-state index is 2.70. The average molecular weight is 912 g/mol. The van der Waals surface area contributed by atoms with Crippen LogP contribution in [0.1, 0.15) is 94.3 Å². The number of hydrogen-bond donors (Lipinski definition) is 0. The molecule has 13 rings (SSSR count). The first-order valence-electron chi connectivity index (χ1n) is 24.8. The molecule has 0 saturated heterocycles. The highest BCUT2D eigenvalue weighted by molar-refractivity contribution is 7.26. The molecule has 8 aromatic carbocycles. The van der Waals surface area contributed by atoms with Gasteiger partial charge in [0.05, 0.1) is 16.1 Å². The van der Waals surface area contributed by atoms with Crippen LogP contribution in [0.3, 0.4) is 0 Å². The van der Waals surface area contributed by atoms with Gasteiger partial charge in [-0.05, 0) is 142 Å². The number of para-hydroxylation sites is 2. The van der Waals surface area contributed by atoms with E-state index < -0.39 is 0 Å². The van der Waals surface area contributed by atoms with Crippen LogP contribution in [-0.2, 0) is 16.2 Å². The van der Waals surface area contributed by atoms with Crippen molar-refractivity contribution in [2.45, 2.75) is 92.4 Å². The van der Waals surface area contributed by atoms with E-state index in [-0.39, 0.29) is 23.0 Å². The van der Waals surface area contributed by atoms with Crippen LogP contribution in [0, 0.1) is 20.8 Å². The highest BCUT2D eigenvalue weighted by Crippen LogP contribution is 2.56. The first-order chi connectivity index (χ1) is 33.0. The number of nitrogens with zero attached hydrogens (tertiary/aromatic N) is 3. The number of anilines is 6. The molecule has 0 bridgehead atoms. The molecule has 5 heteroatoms. The lowest BCUT2D eigenvalue weighted by Gasteiger charge is -2.42. The van der Waals surface area contributed by atoms with Gasteiger partial charge in [0.2, 0.25) is 0 Å². The third-order valence-electron chi connectivity index (χ3n) is 15.9. The fourth-order valence-electron chi connectivity index (χ4n) is 12.5. The van der Waals surface area contributed by atoms with E-state index in [1.807, 2.05) is 11.3 Å². The molecule has 338 valence electrons. The minimum atomic E-state index is -0.173. The molecule has 0 radical (unpaired) electrons. The first kappa shape index (κ1) is 42.3. The molecule has 10 aromatic rings. The van der Waals surface area contributed by atoms with Gasteiger partial charge in [-0.3, -0.25) is 0 Å². The predicted molar refractivity (Wildman–Crippen MR) is 299 cm³/mol. The minimum absolute atomic E-state index is 0.00269. The normalized spacial score (nSPS) is 14.4. The fraction of sp³-hybridized carbons (Fsp3) is 0.219. The van der Waals surface area contributed by atoms with E-state index in [0.717, 1.165) is 5.69 Å². The van der Waals surface area contributed by atoms with Crippen molar-refractivity contribution in [1.29, 1.82) is 0 Å². The van der Waals surface area contributed by atoms with E-state index in [1.54, 1.807) is 0 Å². The van der Waals surface area contributed by atoms with Crippen LogP contribution in [0.2, 0.25) is 0 Å². The van der Waals surface area contributed by atoms with Gasteiger partial charge in [0.15, 0.2) is 0 Å². The summed E-state index contributed by atoms with van der Waals surface area (Å²) in [4.78, 5) is 5.15. The van der Waals surface area contributed by atoms with Gasteiger partial charge in [0, 0.05) is 71.5 Å². The highest BCUT2D eigenvalue weighted by atomic mass is 32.1. The Morgan fingerprint density at radius 3 is 1.94 bits per heavy atom. The van der Waals surface area contributed by atoms with Crippen LogP contribution in [0.15, 0.2) is 152 Å². The van der Waals surface area contributed by atoms with Crippen LogP contribution < -0.4 is 26.2 Å². The summed E-state index contributed by atoms with van der Waals surface area (Å²) in [6.07, 6.45) is 0. The van der Waals surface area contributed by atoms with Crippen LogP contribution in [0.25, 0.3) is 48.0 Å². The summed E-state index contributed by atoms with van der Waals surface area (Å²) >= 11 is 1.94. The number of rotatable bonds is 4. The number of fused-ring (bicyclic) bond motifs is 12. The van der Waals surface area contributed by atoms with Crippen molar-refractivity contribution in [3.8, 4) is 16.9 Å². The van der Waals surface area contributed by atoms with E-state index >= 15 is 0 Å². The molecule has 1 aliphatic carbocycles. The Hall–Kier alpha value is -6.82. The molecule has 2 aliphatic heterocycles. The van der Waals surface area contributed by atoms with Crippen molar-refractivity contribution in [3.63, 3.8) is 0 Å². The van der Waals surface area contributed by atoms with Crippen LogP contribution in [0.4, 0.5) is 34.1 Å². The molecular weight excluding hydrogens is 854 g/mol. The zero-order chi connectivity index (χ0) is 47.6. The van der Waals surface area contributed by atoms with Crippen LogP contribution in [0.5, 0.6) is 0 Å². The van der Waals surface area contributed by atoms with Crippen molar-refractivity contribution in [2.24, 2.45) is 0 Å². The summed E-state index contributed by atoms with van der Waals surface area (Å²) in [7, 11) is 0. The van der Waals surface area contributed by atoms with E-state index in [1.165, 1.54) is 132 Å². The Labute approximate surface area is 411 Å². The second-order valence-electron chi connectivity index (χ2n) is 22.8. The molecule has 0 spiro atoms. The van der Waals surface area contributed by atoms with E-state index in [9.17, 15) is 0 Å². The molecular formula is C64H58BN3S. The largest absolute Gasteiger partial charge is 0.310 e. The quantitative estimate of drug-likeness (QED) is 0.163. The lowest BCUT2D eigenvalue weighted by atomic mass is 9.33. The van der Waals surface area contributed by atoms with E-state index in [4.69, 9.17) is 0 Å². The van der Waals surface area contributed by atoms with Gasteiger partial charge >= 0.3 is 0 Å². The first-order valence-corrected chi connectivity index (χ1v) is 25.6. The lowest BCUT2D eigenvalue weighted by molar-refractivity contribution is 0.591. The Kier molecular flexibility index (Phi) is 8.81. The van der Waals surface area contributed by atoms with Crippen molar-refractivity contribution in [2.75, 3.05) is 9.80 Å². The summed E-state index contributed by atoms with van der Waals surface area (Å²) in [6.45, 7) is 25.8. The monoisotopic (exact) mass is 911 g/mol. The molecule has 2 aromatic heterocycles. The third-order valence-corrected chi connectivity index (χ3v) is 17.1. The molecule has 69 heavy (non-hydrogen) atoms. The van der Waals surface area contributed by atoms with Gasteiger partial charge in [-0.15, -0.1) is 11.3 Å². The van der Waals surface area contributed by atoms with Crippen molar-refractivity contribution in [3.05, 3.63) is 191 Å². The smallest absolute Gasteiger partial charge is 0.252 e. The van der Waals surface area contributed by atoms with Gasteiger partial charge in [-0.2, -0.15) is 0 Å². The SMILES string of the molecule is Cc1cc2c3c(c1)-n1c4c(c5cc(C(C)(C)C)cc(c51)B3c1ccc(N(c3ccccc3C)c3ccccc3C)cc1N2c1cccc2c1sc1cc(C(C)(C)C)ccc12)C(C)(C)c1ccccc1-4. The topological polar surface area (TPSA) is 11.4 Å². The maximum Gasteiger partial charge on any atom is 0.252 e. The number of aryl methyl sites for hydroxylation is 3. The van der Waals surface area contributed by atoms with Gasteiger partial charge < -0.3 is 14.4 Å². The molecule has 0 saturated carbocycles. The van der Waals surface area contributed by atoms with Crippen molar-refractivity contribution >= 4 is 99.6 Å². The molecule has 0 amide bonds. The van der Waals surface area contributed by atoms with E-state index in [0.29, 0.717) is 0 Å². The van der Waals surface area contributed by atoms with E-state index in [2.05, 4.69) is 242 Å². The van der Waals surface area contributed by atoms with Gasteiger partial charge in [-0.1, -0.05) is 152 Å². The number of thiophene rings is 1. The average Bonchev–Trinajstić information content (AvgIpc) is 3.95. The maximum atomic E-state index is 2.70. The zero-order valence-corrected chi connectivity index (χ0v) is 42.6. The molecule has 3 nitrogen and oxygen atoms in total. The molecule has 0 fully saturated rings. The third kappa shape index (κ3) is 5.93. The summed E-state index contributed by atoms with van der Waals surface area (Å²) in [5, 5.41) is 4.01. The molecule has 3 aliphatic rings. The molecule has 0 N–H and O–H groups in total. The van der Waals surface area contributed by atoms with Crippen LogP contribution >= 0.6 is 11.3 Å². The molecule has 0 atom stereocenters. The Morgan fingerprint density at radius 2 is 1.23 bits per heavy atom. The summed E-state index contributed by atoms with van der Waals surface area (Å²) in [5.74, 6) is 0. The zero-order valence-electron chi connectivity index (χ0n) is 41.8. The second kappa shape index (κ2) is 14.4. The van der Waals surface area contributed by atoms with Gasteiger partial charge in [0.1, 0.15) is 0 Å². The van der Waals surface area contributed by atoms with Gasteiger partial charge in [-0.25, -0.2) is 0 Å². The molecule has 4 heterocycles. The summed E-state index contributed by atoms with van der Waals surface area (Å²) < 4.78 is 5.34. The lowest BCUT2D eigenvalue weighted by Crippen LogP contribution is -2.60. The predicted octanol–water partition coefficient (Wildman–Crippen LogP) is 15.9. The minimum Gasteiger partial charge on any atom is -0.310 e. The standard InChI is InChI=1S/C64H58BN3S/c1-37-31-54-58-55(32-37)68-59-46(57-60(68)45-21-14-15-23-47(45)64(57,10)11)33-41(63(7,8)9)34-49(59)65(58)48-30-28-42(66(50-24-16-12-19-38(50)2)51-25-17-13-20-39(51)3)36-53(48)67(54)52-26-18-22-44-43-29-27-40(62(4,5)6)35-56(43)69-61(44)52/h12-36H,1-11H3. The second-order valence-corrected chi connectivity index (χ2v) is 23.8. The Bertz CT molecular complexity index is 3800. The summed E-state index contributed by atoms with van der Waals surface area (Å²) in [5.41, 5.74) is 25.8. The van der Waals surface area contributed by atoms with Crippen molar-refractivity contribution in [1.82, 2.24) is 4.57 Å². The highest BCUT2D eigenvalue weighted by Gasteiger charge is 2.48. The number of hydrogen-bond acceptors (Lipinski definition) is 3. The summed E-state index contributed by atoms with van der Waals surface area (Å²) in [6, 6.07) is 58.6. The fourth-order valence-corrected chi connectivity index (χ4v) is 13.7. The van der Waals surface area contributed by atoms with Crippen molar-refractivity contribution < 1.29 is 0 Å². The van der Waals surface area contributed by atoms with Gasteiger partial charge in [0.25, 0.3) is 6.71 Å². The number of benzene rings is 8.